The average Bonchev–Trinajstić information content (AvgIpc) is 2.84. The van der Waals surface area contributed by atoms with Gasteiger partial charge in [0, 0.05) is 18.8 Å². The van der Waals surface area contributed by atoms with Gasteiger partial charge in [0.25, 0.3) is 0 Å². The van der Waals surface area contributed by atoms with E-state index in [9.17, 15) is 0 Å². The number of rotatable bonds is 3. The van der Waals surface area contributed by atoms with Crippen LogP contribution in [0.3, 0.4) is 0 Å². The fourth-order valence-electron chi connectivity index (χ4n) is 2.27. The number of hydrogen-bond donors (Lipinski definition) is 1. The lowest BCUT2D eigenvalue weighted by molar-refractivity contribution is 1.09. The molecule has 1 aromatic carbocycles. The van der Waals surface area contributed by atoms with E-state index < -0.39 is 0 Å². The molecule has 96 valence electrons. The molecule has 3 rings (SSSR count). The van der Waals surface area contributed by atoms with Crippen LogP contribution in [0.2, 0.25) is 0 Å². The third kappa shape index (κ3) is 2.32. The molecular weight excluding hydrogens is 234 g/mol. The molecule has 0 saturated heterocycles. The second kappa shape index (κ2) is 4.76. The molecule has 0 radical (unpaired) electrons. The summed E-state index contributed by atoms with van der Waals surface area (Å²) < 4.78 is 1.98. The summed E-state index contributed by atoms with van der Waals surface area (Å²) in [6.07, 6.45) is 5.93. The van der Waals surface area contributed by atoms with E-state index in [1.165, 1.54) is 11.1 Å². The number of nitrogens with two attached hydrogens (primary N) is 1. The first kappa shape index (κ1) is 11.8. The molecule has 0 saturated carbocycles. The molecule has 3 aromatic rings. The van der Waals surface area contributed by atoms with Gasteiger partial charge in [-0.15, -0.1) is 0 Å². The van der Waals surface area contributed by atoms with Crippen molar-refractivity contribution in [1.29, 1.82) is 0 Å². The number of benzene rings is 1. The Hall–Kier alpha value is -2.29. The van der Waals surface area contributed by atoms with Crippen molar-refractivity contribution in [2.24, 2.45) is 0 Å². The van der Waals surface area contributed by atoms with Gasteiger partial charge in [-0.2, -0.15) is 0 Å². The molecule has 0 aliphatic heterocycles. The van der Waals surface area contributed by atoms with E-state index in [4.69, 9.17) is 5.73 Å². The van der Waals surface area contributed by atoms with Crippen molar-refractivity contribution in [1.82, 2.24) is 9.38 Å². The highest BCUT2D eigenvalue weighted by atomic mass is 15.0. The summed E-state index contributed by atoms with van der Waals surface area (Å²) in [6.45, 7) is 2.17. The Morgan fingerprint density at radius 1 is 1.11 bits per heavy atom. The van der Waals surface area contributed by atoms with Crippen molar-refractivity contribution in [3.05, 3.63) is 65.6 Å². The predicted octanol–water partition coefficient (Wildman–Crippen LogP) is 3.07. The van der Waals surface area contributed by atoms with Crippen LogP contribution in [0.15, 0.2) is 48.8 Å². The number of nitrogen functional groups attached to an aromatic ring is 1. The smallest absolute Gasteiger partial charge is 0.160 e. The average molecular weight is 251 g/mol. The highest BCUT2D eigenvalue weighted by molar-refractivity contribution is 5.64. The van der Waals surface area contributed by atoms with Gasteiger partial charge in [0.1, 0.15) is 0 Å². The molecular formula is C16H17N3. The van der Waals surface area contributed by atoms with Crippen LogP contribution in [0.5, 0.6) is 0 Å². The van der Waals surface area contributed by atoms with E-state index in [1.807, 2.05) is 28.9 Å². The van der Waals surface area contributed by atoms with Crippen molar-refractivity contribution < 1.29 is 0 Å². The van der Waals surface area contributed by atoms with Crippen LogP contribution in [0, 0.1) is 0 Å². The van der Waals surface area contributed by atoms with Crippen LogP contribution in [-0.2, 0) is 12.8 Å². The van der Waals surface area contributed by atoms with E-state index >= 15 is 0 Å². The predicted molar refractivity (Wildman–Crippen MR) is 78.2 cm³/mol. The summed E-state index contributed by atoms with van der Waals surface area (Å²) >= 11 is 0. The Balaban J connectivity index is 1.90. The first-order valence-corrected chi connectivity index (χ1v) is 6.56. The largest absolute Gasteiger partial charge is 0.396 e. The van der Waals surface area contributed by atoms with Gasteiger partial charge in [0.2, 0.25) is 0 Å². The molecule has 3 heteroatoms. The van der Waals surface area contributed by atoms with Crippen LogP contribution >= 0.6 is 0 Å². The Bertz CT molecular complexity index is 696. The van der Waals surface area contributed by atoms with Crippen LogP contribution in [0.1, 0.15) is 23.7 Å². The molecule has 0 amide bonds. The highest BCUT2D eigenvalue weighted by Gasteiger charge is 2.05. The lowest BCUT2D eigenvalue weighted by Crippen LogP contribution is -1.91. The molecule has 2 N–H and O–H groups in total. The van der Waals surface area contributed by atoms with E-state index in [0.717, 1.165) is 29.9 Å². The molecule has 0 unspecified atom stereocenters. The Labute approximate surface area is 112 Å². The minimum absolute atomic E-state index is 0.718. The van der Waals surface area contributed by atoms with Crippen molar-refractivity contribution in [3.8, 4) is 0 Å². The number of imidazole rings is 1. The van der Waals surface area contributed by atoms with Gasteiger partial charge in [0.05, 0.1) is 11.4 Å². The van der Waals surface area contributed by atoms with Gasteiger partial charge >= 0.3 is 0 Å². The maximum atomic E-state index is 5.92. The van der Waals surface area contributed by atoms with Crippen LogP contribution in [-0.4, -0.2) is 9.38 Å². The summed E-state index contributed by atoms with van der Waals surface area (Å²) in [5.41, 5.74) is 11.2. The number of aryl methyl sites for hydroxylation is 1. The van der Waals surface area contributed by atoms with Gasteiger partial charge < -0.3 is 10.1 Å². The quantitative estimate of drug-likeness (QED) is 0.777. The van der Waals surface area contributed by atoms with E-state index in [2.05, 4.69) is 36.2 Å². The number of aromatic nitrogens is 2. The Kier molecular flexibility index (Phi) is 2.95. The van der Waals surface area contributed by atoms with Crippen molar-refractivity contribution in [2.75, 3.05) is 5.73 Å². The molecule has 0 aliphatic carbocycles. The number of nitrogens with zero attached hydrogens (tertiary/aromatic N) is 2. The minimum Gasteiger partial charge on any atom is -0.396 e. The Morgan fingerprint density at radius 3 is 2.53 bits per heavy atom. The van der Waals surface area contributed by atoms with Gasteiger partial charge in [-0.05, 0) is 29.7 Å². The fourth-order valence-corrected chi connectivity index (χ4v) is 2.27. The van der Waals surface area contributed by atoms with Crippen molar-refractivity contribution in [3.63, 3.8) is 0 Å². The lowest BCUT2D eigenvalue weighted by Gasteiger charge is -2.00. The second-order valence-corrected chi connectivity index (χ2v) is 4.77. The summed E-state index contributed by atoms with van der Waals surface area (Å²) in [5, 5.41) is 0. The zero-order valence-electron chi connectivity index (χ0n) is 11.0. The molecule has 2 heterocycles. The molecule has 3 nitrogen and oxygen atoms in total. The number of fused-ring (bicyclic) bond motifs is 1. The van der Waals surface area contributed by atoms with Crippen molar-refractivity contribution >= 4 is 11.3 Å². The molecule has 0 atom stereocenters. The molecule has 0 bridgehead atoms. The molecule has 0 fully saturated rings. The third-order valence-electron chi connectivity index (χ3n) is 3.38. The maximum Gasteiger partial charge on any atom is 0.160 e. The topological polar surface area (TPSA) is 43.3 Å². The summed E-state index contributed by atoms with van der Waals surface area (Å²) in [7, 11) is 0. The van der Waals surface area contributed by atoms with E-state index in [-0.39, 0.29) is 0 Å². The normalized spacial score (nSPS) is 11.0. The molecule has 0 spiro atoms. The first-order valence-electron chi connectivity index (χ1n) is 6.56. The van der Waals surface area contributed by atoms with Gasteiger partial charge in [-0.3, -0.25) is 0 Å². The lowest BCUT2D eigenvalue weighted by atomic mass is 10.1. The maximum absolute atomic E-state index is 5.92. The van der Waals surface area contributed by atoms with Gasteiger partial charge in [-0.1, -0.05) is 31.2 Å². The SMILES string of the molecule is CCc1ccc(Cc2cn3cccc(N)c3n2)cc1. The zero-order chi connectivity index (χ0) is 13.2. The third-order valence-corrected chi connectivity index (χ3v) is 3.38. The minimum atomic E-state index is 0.718. The second-order valence-electron chi connectivity index (χ2n) is 4.77. The standard InChI is InChI=1S/C16H17N3/c1-2-12-5-7-13(8-6-12)10-14-11-19-9-3-4-15(17)16(19)18-14/h3-9,11H,2,10,17H2,1H3. The van der Waals surface area contributed by atoms with Crippen LogP contribution in [0.25, 0.3) is 5.65 Å². The monoisotopic (exact) mass is 251 g/mol. The molecule has 2 aromatic heterocycles. The van der Waals surface area contributed by atoms with E-state index in [0.29, 0.717) is 0 Å². The van der Waals surface area contributed by atoms with E-state index in [1.54, 1.807) is 0 Å². The zero-order valence-corrected chi connectivity index (χ0v) is 11.0. The molecule has 0 aliphatic rings. The van der Waals surface area contributed by atoms with Crippen molar-refractivity contribution in [2.45, 2.75) is 19.8 Å². The summed E-state index contributed by atoms with van der Waals surface area (Å²) in [4.78, 5) is 4.59. The first-order chi connectivity index (χ1) is 9.26. The van der Waals surface area contributed by atoms with Crippen LogP contribution < -0.4 is 5.73 Å². The number of pyridine rings is 1. The van der Waals surface area contributed by atoms with Crippen LogP contribution in [0.4, 0.5) is 5.69 Å². The highest BCUT2D eigenvalue weighted by Crippen LogP contribution is 2.15. The van der Waals surface area contributed by atoms with Gasteiger partial charge in [0.15, 0.2) is 5.65 Å². The summed E-state index contributed by atoms with van der Waals surface area (Å²) in [5.74, 6) is 0. The molecule has 19 heavy (non-hydrogen) atoms. The number of hydrogen-bond acceptors (Lipinski definition) is 2. The fraction of sp³-hybridized carbons (Fsp3) is 0.188. The van der Waals surface area contributed by atoms with Gasteiger partial charge in [-0.25, -0.2) is 4.98 Å². The summed E-state index contributed by atoms with van der Waals surface area (Å²) in [6, 6.07) is 12.5. The Morgan fingerprint density at radius 2 is 1.84 bits per heavy atom. The number of anilines is 1.